The van der Waals surface area contributed by atoms with Gasteiger partial charge in [-0.1, -0.05) is 11.6 Å². The van der Waals surface area contributed by atoms with Gasteiger partial charge < -0.3 is 9.47 Å². The van der Waals surface area contributed by atoms with Crippen LogP contribution in [-0.2, 0) is 9.59 Å². The summed E-state index contributed by atoms with van der Waals surface area (Å²) < 4.78 is 11.0. The molecule has 0 aliphatic carbocycles. The number of hydrogen-bond acceptors (Lipinski definition) is 6. The smallest absolute Gasteiger partial charge is 0.335 e. The lowest BCUT2D eigenvalue weighted by atomic mass is 10.1. The summed E-state index contributed by atoms with van der Waals surface area (Å²) in [5.74, 6) is -0.534. The number of nitrogens with one attached hydrogen (secondary N) is 1. The fraction of sp³-hybridized carbons (Fsp3) is 0.0625. The number of rotatable bonds is 2. The van der Waals surface area contributed by atoms with Crippen molar-refractivity contribution in [2.45, 2.75) is 0 Å². The number of fused-ring (bicyclic) bond motifs is 1. The Bertz CT molecular complexity index is 952. The minimum atomic E-state index is -0.824. The predicted octanol–water partition coefficient (Wildman–Crippen LogP) is 2.80. The number of thiophene rings is 1. The Morgan fingerprint density at radius 1 is 1.12 bits per heavy atom. The number of halogens is 1. The third-order valence-electron chi connectivity index (χ3n) is 3.60. The van der Waals surface area contributed by atoms with Crippen LogP contribution in [0.2, 0.25) is 4.34 Å². The molecule has 9 heteroatoms. The molecule has 4 amide bonds. The van der Waals surface area contributed by atoms with Gasteiger partial charge in [-0.2, -0.15) is 0 Å². The van der Waals surface area contributed by atoms with E-state index in [0.717, 1.165) is 4.90 Å². The molecule has 7 nitrogen and oxygen atoms in total. The SMILES string of the molecule is O=C1NC(=O)N(c2ccc3c(c2)OCO3)C(=O)C1=Cc1ccc(Cl)s1. The van der Waals surface area contributed by atoms with Crippen LogP contribution < -0.4 is 19.7 Å². The molecule has 0 atom stereocenters. The normalized spacial score (nSPS) is 18.0. The number of benzene rings is 1. The van der Waals surface area contributed by atoms with E-state index < -0.39 is 17.8 Å². The third kappa shape index (κ3) is 2.75. The molecule has 3 heterocycles. The van der Waals surface area contributed by atoms with Crippen molar-refractivity contribution in [1.82, 2.24) is 5.32 Å². The zero-order chi connectivity index (χ0) is 17.6. The average Bonchev–Trinajstić information content (AvgIpc) is 3.19. The van der Waals surface area contributed by atoms with Gasteiger partial charge >= 0.3 is 6.03 Å². The Morgan fingerprint density at radius 3 is 2.68 bits per heavy atom. The lowest BCUT2D eigenvalue weighted by Crippen LogP contribution is -2.54. The summed E-state index contributed by atoms with van der Waals surface area (Å²) in [6.07, 6.45) is 1.40. The molecule has 1 N–H and O–H groups in total. The largest absolute Gasteiger partial charge is 0.454 e. The molecule has 1 saturated heterocycles. The highest BCUT2D eigenvalue weighted by Crippen LogP contribution is 2.36. The first kappa shape index (κ1) is 15.7. The predicted molar refractivity (Wildman–Crippen MR) is 90.9 cm³/mol. The van der Waals surface area contributed by atoms with E-state index in [0.29, 0.717) is 20.7 Å². The quantitative estimate of drug-likeness (QED) is 0.643. The minimum Gasteiger partial charge on any atom is -0.454 e. The summed E-state index contributed by atoms with van der Waals surface area (Å²) in [4.78, 5) is 38.5. The van der Waals surface area contributed by atoms with Gasteiger partial charge in [-0.15, -0.1) is 11.3 Å². The molecule has 0 radical (unpaired) electrons. The van der Waals surface area contributed by atoms with E-state index in [1.54, 1.807) is 24.3 Å². The van der Waals surface area contributed by atoms with Crippen LogP contribution in [0.25, 0.3) is 6.08 Å². The van der Waals surface area contributed by atoms with Gasteiger partial charge in [0.2, 0.25) is 6.79 Å². The topological polar surface area (TPSA) is 84.9 Å². The molecule has 1 fully saturated rings. The second-order valence-electron chi connectivity index (χ2n) is 5.14. The van der Waals surface area contributed by atoms with E-state index in [9.17, 15) is 14.4 Å². The summed E-state index contributed by atoms with van der Waals surface area (Å²) in [5, 5.41) is 2.16. The van der Waals surface area contributed by atoms with Crippen molar-refractivity contribution in [2.75, 3.05) is 11.7 Å². The van der Waals surface area contributed by atoms with Crippen molar-refractivity contribution in [2.24, 2.45) is 0 Å². The van der Waals surface area contributed by atoms with Gasteiger partial charge in [-0.05, 0) is 30.3 Å². The Balaban J connectivity index is 1.72. The lowest BCUT2D eigenvalue weighted by molar-refractivity contribution is -0.122. The van der Waals surface area contributed by atoms with Crippen LogP contribution in [0.5, 0.6) is 11.5 Å². The molecular weight excluding hydrogens is 368 g/mol. The van der Waals surface area contributed by atoms with Gasteiger partial charge in [0.25, 0.3) is 11.8 Å². The average molecular weight is 377 g/mol. The minimum absolute atomic E-state index is 0.0711. The van der Waals surface area contributed by atoms with Gasteiger partial charge in [0, 0.05) is 10.9 Å². The zero-order valence-electron chi connectivity index (χ0n) is 12.4. The van der Waals surface area contributed by atoms with Crippen LogP contribution in [0.1, 0.15) is 4.88 Å². The van der Waals surface area contributed by atoms with Crippen LogP contribution in [0.4, 0.5) is 10.5 Å². The van der Waals surface area contributed by atoms with E-state index in [4.69, 9.17) is 21.1 Å². The lowest BCUT2D eigenvalue weighted by Gasteiger charge is -2.26. The fourth-order valence-electron chi connectivity index (χ4n) is 2.46. The molecule has 0 spiro atoms. The van der Waals surface area contributed by atoms with Crippen LogP contribution in [-0.4, -0.2) is 24.6 Å². The number of carbonyl (C=O) groups is 3. The highest BCUT2D eigenvalue weighted by Gasteiger charge is 2.37. The molecule has 25 heavy (non-hydrogen) atoms. The summed E-state index contributed by atoms with van der Waals surface area (Å²) in [5.41, 5.74) is 0.116. The highest BCUT2D eigenvalue weighted by molar-refractivity contribution is 7.17. The number of amides is 4. The van der Waals surface area contributed by atoms with Crippen LogP contribution in [0, 0.1) is 0 Å². The number of anilines is 1. The van der Waals surface area contributed by atoms with Crippen LogP contribution >= 0.6 is 22.9 Å². The van der Waals surface area contributed by atoms with Gasteiger partial charge in [-0.3, -0.25) is 14.9 Å². The molecule has 0 bridgehead atoms. The van der Waals surface area contributed by atoms with E-state index in [1.165, 1.54) is 23.5 Å². The monoisotopic (exact) mass is 376 g/mol. The maximum atomic E-state index is 12.7. The Kier molecular flexibility index (Phi) is 3.70. The number of carbonyl (C=O) groups excluding carboxylic acids is 3. The maximum absolute atomic E-state index is 12.7. The summed E-state index contributed by atoms with van der Waals surface area (Å²) in [6, 6.07) is 7.16. The molecule has 4 rings (SSSR count). The van der Waals surface area contributed by atoms with Crippen LogP contribution in [0.15, 0.2) is 35.9 Å². The number of ether oxygens (including phenoxy) is 2. The van der Waals surface area contributed by atoms with E-state index in [1.807, 2.05) is 0 Å². The molecule has 2 aromatic rings. The first-order chi connectivity index (χ1) is 12.0. The third-order valence-corrected chi connectivity index (χ3v) is 4.77. The molecule has 0 unspecified atom stereocenters. The summed E-state index contributed by atoms with van der Waals surface area (Å²) in [7, 11) is 0. The summed E-state index contributed by atoms with van der Waals surface area (Å²) in [6.45, 7) is 0.0711. The van der Waals surface area contributed by atoms with Crippen molar-refractivity contribution < 1.29 is 23.9 Å². The van der Waals surface area contributed by atoms with Crippen molar-refractivity contribution in [3.63, 3.8) is 0 Å². The van der Waals surface area contributed by atoms with Crippen LogP contribution in [0.3, 0.4) is 0 Å². The summed E-state index contributed by atoms with van der Waals surface area (Å²) >= 11 is 7.08. The molecular formula is C16H9ClN2O5S. The number of urea groups is 1. The van der Waals surface area contributed by atoms with Gasteiger partial charge in [0.15, 0.2) is 11.5 Å². The second kappa shape index (κ2) is 5.91. The van der Waals surface area contributed by atoms with Gasteiger partial charge in [0.05, 0.1) is 10.0 Å². The van der Waals surface area contributed by atoms with Crippen molar-refractivity contribution in [3.05, 3.63) is 45.1 Å². The molecule has 2 aliphatic heterocycles. The van der Waals surface area contributed by atoms with E-state index in [-0.39, 0.29) is 18.1 Å². The first-order valence-electron chi connectivity index (χ1n) is 7.09. The second-order valence-corrected chi connectivity index (χ2v) is 6.88. The standard InChI is InChI=1S/C16H9ClN2O5S/c17-13-4-2-9(25-13)6-10-14(20)18-16(22)19(15(10)21)8-1-3-11-12(5-8)24-7-23-11/h1-6H,7H2,(H,18,20,22). The first-order valence-corrected chi connectivity index (χ1v) is 8.29. The Hall–Kier alpha value is -2.84. The van der Waals surface area contributed by atoms with E-state index >= 15 is 0 Å². The van der Waals surface area contributed by atoms with Crippen molar-refractivity contribution in [1.29, 1.82) is 0 Å². The Labute approximate surface area is 150 Å². The fourth-order valence-corrected chi connectivity index (χ4v) is 3.47. The molecule has 126 valence electrons. The molecule has 0 saturated carbocycles. The molecule has 2 aliphatic rings. The molecule has 1 aromatic carbocycles. The molecule has 1 aromatic heterocycles. The Morgan fingerprint density at radius 2 is 1.92 bits per heavy atom. The number of nitrogens with zero attached hydrogens (tertiary/aromatic N) is 1. The maximum Gasteiger partial charge on any atom is 0.335 e. The van der Waals surface area contributed by atoms with Gasteiger partial charge in [0.1, 0.15) is 5.57 Å². The number of barbiturate groups is 1. The number of hydrogen-bond donors (Lipinski definition) is 1. The van der Waals surface area contributed by atoms with Crippen molar-refractivity contribution >= 4 is 52.5 Å². The van der Waals surface area contributed by atoms with Crippen molar-refractivity contribution in [3.8, 4) is 11.5 Å². The highest BCUT2D eigenvalue weighted by atomic mass is 35.5. The van der Waals surface area contributed by atoms with E-state index in [2.05, 4.69) is 5.32 Å². The van der Waals surface area contributed by atoms with Gasteiger partial charge in [-0.25, -0.2) is 9.69 Å². The number of imide groups is 2. The zero-order valence-corrected chi connectivity index (χ0v) is 14.0.